The summed E-state index contributed by atoms with van der Waals surface area (Å²) in [7, 11) is 0. The van der Waals surface area contributed by atoms with Crippen LogP contribution in [-0.4, -0.2) is 35.5 Å². The Hall–Kier alpha value is -3.93. The first kappa shape index (κ1) is 26.3. The van der Waals surface area contributed by atoms with Crippen LogP contribution in [0.1, 0.15) is 37.2 Å². The third-order valence-corrected chi connectivity index (χ3v) is 5.15. The number of amides is 2. The molecule has 0 atom stereocenters. The minimum absolute atomic E-state index is 0.0693. The first-order valence-electron chi connectivity index (χ1n) is 10.8. The molecule has 180 valence electrons. The van der Waals surface area contributed by atoms with E-state index in [-0.39, 0.29) is 18.5 Å². The average molecular weight is 469 g/mol. The lowest BCUT2D eigenvalue weighted by molar-refractivity contribution is -0.143. The fourth-order valence-corrected chi connectivity index (χ4v) is 3.44. The van der Waals surface area contributed by atoms with E-state index < -0.39 is 30.2 Å². The zero-order valence-electron chi connectivity index (χ0n) is 19.8. The number of hydrogen-bond donors (Lipinski definition) is 1. The minimum atomic E-state index is -0.946. The van der Waals surface area contributed by atoms with Crippen LogP contribution in [0.2, 0.25) is 0 Å². The maximum Gasteiger partial charge on any atom is 0.349 e. The van der Waals surface area contributed by atoms with Gasteiger partial charge >= 0.3 is 5.97 Å². The quantitative estimate of drug-likeness (QED) is 0.326. The fraction of sp³-hybridized carbons (Fsp3) is 0.360. The molecule has 0 fully saturated rings. The predicted molar refractivity (Wildman–Crippen MR) is 126 cm³/mol. The van der Waals surface area contributed by atoms with Crippen LogP contribution in [0.25, 0.3) is 6.08 Å². The number of carbonyl (C=O) groups is 3. The molecule has 0 bridgehead atoms. The first-order chi connectivity index (χ1) is 16.0. The normalized spacial score (nSPS) is 11.3. The van der Waals surface area contributed by atoms with Crippen LogP contribution in [-0.2, 0) is 25.7 Å². The Bertz CT molecular complexity index is 1130. The second kappa shape index (κ2) is 11.8. The SMILES string of the molecule is Cc1cc(/C=C(\C#N)C(=O)OCC(=O)N(CCC(N)=O)c2ccc(F)cc2)c(C)n1CC(C)C. The lowest BCUT2D eigenvalue weighted by Gasteiger charge is -2.22. The standard InChI is InChI=1S/C25H29FN4O4/c1-16(2)14-30-17(3)11-19(18(30)4)12-20(13-27)25(33)34-15-24(32)29(10-9-23(28)31)22-7-5-21(26)6-8-22/h5-8,11-12,16H,9-10,14-15H2,1-4H3,(H2,28,31)/b20-12+. The van der Waals surface area contributed by atoms with Gasteiger partial charge in [0.2, 0.25) is 5.91 Å². The van der Waals surface area contributed by atoms with E-state index in [2.05, 4.69) is 18.4 Å². The molecular formula is C25H29FN4O4. The van der Waals surface area contributed by atoms with Gasteiger partial charge in [0.1, 0.15) is 17.5 Å². The van der Waals surface area contributed by atoms with E-state index in [0.29, 0.717) is 17.2 Å². The molecule has 8 nitrogen and oxygen atoms in total. The summed E-state index contributed by atoms with van der Waals surface area (Å²) in [5.74, 6) is -2.28. The molecule has 2 rings (SSSR count). The van der Waals surface area contributed by atoms with Crippen molar-refractivity contribution in [3.63, 3.8) is 0 Å². The monoisotopic (exact) mass is 468 g/mol. The number of aryl methyl sites for hydroxylation is 1. The average Bonchev–Trinajstić information content (AvgIpc) is 3.03. The third-order valence-electron chi connectivity index (χ3n) is 5.15. The maximum atomic E-state index is 13.3. The van der Waals surface area contributed by atoms with Crippen molar-refractivity contribution in [2.45, 2.75) is 40.7 Å². The summed E-state index contributed by atoms with van der Waals surface area (Å²) < 4.78 is 20.5. The van der Waals surface area contributed by atoms with Crippen molar-refractivity contribution < 1.29 is 23.5 Å². The number of nitrogens with zero attached hydrogens (tertiary/aromatic N) is 3. The summed E-state index contributed by atoms with van der Waals surface area (Å²) in [6.07, 6.45) is 1.31. The summed E-state index contributed by atoms with van der Waals surface area (Å²) in [5.41, 5.74) is 7.88. The molecule has 0 aliphatic rings. The van der Waals surface area contributed by atoms with E-state index in [1.54, 1.807) is 0 Å². The molecule has 0 saturated carbocycles. The number of ether oxygens (including phenoxy) is 1. The van der Waals surface area contributed by atoms with Crippen LogP contribution in [0.3, 0.4) is 0 Å². The molecule has 0 spiro atoms. The molecule has 2 amide bonds. The van der Waals surface area contributed by atoms with Crippen LogP contribution in [0.15, 0.2) is 35.9 Å². The number of carbonyl (C=O) groups excluding carboxylic acids is 3. The molecule has 2 aromatic rings. The maximum absolute atomic E-state index is 13.3. The highest BCUT2D eigenvalue weighted by molar-refractivity contribution is 6.01. The van der Waals surface area contributed by atoms with Crippen molar-refractivity contribution in [3.05, 3.63) is 58.7 Å². The Kier molecular flexibility index (Phi) is 9.13. The van der Waals surface area contributed by atoms with Crippen LogP contribution in [0, 0.1) is 36.9 Å². The van der Waals surface area contributed by atoms with E-state index in [1.807, 2.05) is 26.0 Å². The Morgan fingerprint density at radius 1 is 1.24 bits per heavy atom. The van der Waals surface area contributed by atoms with Gasteiger partial charge in [0.25, 0.3) is 5.91 Å². The Labute approximate surface area is 198 Å². The van der Waals surface area contributed by atoms with Crippen LogP contribution >= 0.6 is 0 Å². The van der Waals surface area contributed by atoms with E-state index in [1.165, 1.54) is 23.1 Å². The Morgan fingerprint density at radius 2 is 1.88 bits per heavy atom. The largest absolute Gasteiger partial charge is 0.451 e. The summed E-state index contributed by atoms with van der Waals surface area (Å²) in [4.78, 5) is 37.6. The van der Waals surface area contributed by atoms with Crippen LogP contribution in [0.4, 0.5) is 10.1 Å². The van der Waals surface area contributed by atoms with Crippen molar-refractivity contribution >= 4 is 29.5 Å². The van der Waals surface area contributed by atoms with Gasteiger partial charge in [-0.05, 0) is 61.7 Å². The zero-order valence-corrected chi connectivity index (χ0v) is 19.8. The van der Waals surface area contributed by atoms with Gasteiger partial charge in [-0.3, -0.25) is 9.59 Å². The van der Waals surface area contributed by atoms with E-state index >= 15 is 0 Å². The van der Waals surface area contributed by atoms with Gasteiger partial charge in [-0.15, -0.1) is 0 Å². The van der Waals surface area contributed by atoms with E-state index in [0.717, 1.165) is 30.1 Å². The highest BCUT2D eigenvalue weighted by Crippen LogP contribution is 2.20. The van der Waals surface area contributed by atoms with Crippen molar-refractivity contribution in [1.29, 1.82) is 5.26 Å². The number of aromatic nitrogens is 1. The van der Waals surface area contributed by atoms with Gasteiger partial charge in [-0.2, -0.15) is 5.26 Å². The van der Waals surface area contributed by atoms with Crippen molar-refractivity contribution in [2.75, 3.05) is 18.1 Å². The number of rotatable bonds is 10. The number of halogens is 1. The smallest absolute Gasteiger partial charge is 0.349 e. The molecule has 0 unspecified atom stereocenters. The molecule has 1 heterocycles. The number of primary amides is 1. The molecule has 0 radical (unpaired) electrons. The number of benzene rings is 1. The molecular weight excluding hydrogens is 439 g/mol. The lowest BCUT2D eigenvalue weighted by atomic mass is 10.1. The second-order valence-corrected chi connectivity index (χ2v) is 8.31. The highest BCUT2D eigenvalue weighted by Gasteiger charge is 2.21. The van der Waals surface area contributed by atoms with Gasteiger partial charge in [0.15, 0.2) is 6.61 Å². The number of anilines is 1. The molecule has 0 aliphatic heterocycles. The molecule has 2 N–H and O–H groups in total. The summed E-state index contributed by atoms with van der Waals surface area (Å²) in [6.45, 7) is 8.12. The molecule has 9 heteroatoms. The lowest BCUT2D eigenvalue weighted by Crippen LogP contribution is -2.37. The topological polar surface area (TPSA) is 118 Å². The minimum Gasteiger partial charge on any atom is -0.451 e. The second-order valence-electron chi connectivity index (χ2n) is 8.31. The Morgan fingerprint density at radius 3 is 2.44 bits per heavy atom. The molecule has 0 aliphatic carbocycles. The van der Waals surface area contributed by atoms with Gasteiger partial charge in [-0.1, -0.05) is 13.8 Å². The number of esters is 1. The number of nitriles is 1. The van der Waals surface area contributed by atoms with Crippen LogP contribution < -0.4 is 10.6 Å². The highest BCUT2D eigenvalue weighted by atomic mass is 19.1. The third kappa shape index (κ3) is 7.04. The molecule has 1 aromatic heterocycles. The van der Waals surface area contributed by atoms with Crippen LogP contribution in [0.5, 0.6) is 0 Å². The van der Waals surface area contributed by atoms with Gasteiger partial charge in [-0.25, -0.2) is 9.18 Å². The van der Waals surface area contributed by atoms with E-state index in [9.17, 15) is 24.0 Å². The van der Waals surface area contributed by atoms with Gasteiger partial charge in [0, 0.05) is 36.6 Å². The van der Waals surface area contributed by atoms with Crippen molar-refractivity contribution in [3.8, 4) is 6.07 Å². The summed E-state index contributed by atoms with van der Waals surface area (Å²) in [6, 6.07) is 8.77. The summed E-state index contributed by atoms with van der Waals surface area (Å²) >= 11 is 0. The predicted octanol–water partition coefficient (Wildman–Crippen LogP) is 3.26. The molecule has 1 aromatic carbocycles. The fourth-order valence-electron chi connectivity index (χ4n) is 3.44. The number of nitrogens with two attached hydrogens (primary N) is 1. The summed E-state index contributed by atoms with van der Waals surface area (Å²) in [5, 5.41) is 9.49. The molecule has 34 heavy (non-hydrogen) atoms. The molecule has 0 saturated heterocycles. The van der Waals surface area contributed by atoms with Gasteiger partial charge in [0.05, 0.1) is 0 Å². The first-order valence-corrected chi connectivity index (χ1v) is 10.8. The van der Waals surface area contributed by atoms with Gasteiger partial charge < -0.3 is 19.9 Å². The van der Waals surface area contributed by atoms with Crippen molar-refractivity contribution in [2.24, 2.45) is 11.7 Å². The van der Waals surface area contributed by atoms with E-state index in [4.69, 9.17) is 10.5 Å². The zero-order chi connectivity index (χ0) is 25.4. The Balaban J connectivity index is 2.16. The van der Waals surface area contributed by atoms with Crippen molar-refractivity contribution in [1.82, 2.24) is 4.57 Å². The number of hydrogen-bond acceptors (Lipinski definition) is 5.